The van der Waals surface area contributed by atoms with Crippen LogP contribution >= 0.6 is 0 Å². The molecule has 0 bridgehead atoms. The molecule has 6 rings (SSSR count). The second-order valence-corrected chi connectivity index (χ2v) is 14.0. The number of hydrogen-bond acceptors (Lipinski definition) is 6. The first-order valence-corrected chi connectivity index (χ1v) is 14.0. The minimum Gasteiger partial charge on any atom is -0.396 e. The van der Waals surface area contributed by atoms with E-state index in [-0.39, 0.29) is 34.9 Å². The Balaban J connectivity index is 1.28. The van der Waals surface area contributed by atoms with Crippen molar-refractivity contribution in [1.29, 1.82) is 0 Å². The van der Waals surface area contributed by atoms with E-state index in [1.165, 1.54) is 0 Å². The second kappa shape index (κ2) is 7.64. The van der Waals surface area contributed by atoms with Crippen LogP contribution in [0.15, 0.2) is 0 Å². The van der Waals surface area contributed by atoms with E-state index in [9.17, 15) is 20.4 Å². The van der Waals surface area contributed by atoms with Crippen LogP contribution in [0.4, 0.5) is 0 Å². The largest absolute Gasteiger partial charge is 0.396 e. The number of ether oxygens (including phenoxy) is 2. The van der Waals surface area contributed by atoms with Crippen LogP contribution in [-0.2, 0) is 9.47 Å². The van der Waals surface area contributed by atoms with E-state index in [1.54, 1.807) is 0 Å². The topological polar surface area (TPSA) is 99.4 Å². The molecule has 4 N–H and O–H groups in total. The zero-order valence-electron chi connectivity index (χ0n) is 21.4. The molecule has 4 saturated carbocycles. The van der Waals surface area contributed by atoms with Gasteiger partial charge in [0.2, 0.25) is 0 Å². The molecule has 6 nitrogen and oxygen atoms in total. The van der Waals surface area contributed by atoms with Crippen molar-refractivity contribution in [3.8, 4) is 0 Å². The smallest absolute Gasteiger partial charge is 0.171 e. The molecule has 34 heavy (non-hydrogen) atoms. The minimum atomic E-state index is -0.740. The van der Waals surface area contributed by atoms with Crippen LogP contribution in [0, 0.1) is 51.8 Å². The monoisotopic (exact) mass is 478 g/mol. The summed E-state index contributed by atoms with van der Waals surface area (Å²) in [4.78, 5) is 0. The first kappa shape index (κ1) is 24.1. The third kappa shape index (κ3) is 2.90. The standard InChI is InChI=1S/C28H46O6/c1-15-24-22(34-28(15)8-5-16(13-29)14-33-28)10-19-17-9-23(32)27(4)12-21(31)20(30)11-26(27,3)18(17)6-7-25(19,24)2/h15-24,29-32H,5-14H2,1-4H3/t15-,16-,17+,18-,19-,20+,21+,22+,23+,24+,25-,26+,27+,28+/m0/s1. The van der Waals surface area contributed by atoms with Crippen LogP contribution in [0.1, 0.15) is 79.1 Å². The summed E-state index contributed by atoms with van der Waals surface area (Å²) in [6, 6.07) is 0. The number of aliphatic hydroxyl groups is 4. The van der Waals surface area contributed by atoms with Crippen molar-refractivity contribution in [3.05, 3.63) is 0 Å². The molecule has 14 atom stereocenters. The molecule has 194 valence electrons. The Morgan fingerprint density at radius 2 is 1.59 bits per heavy atom. The minimum absolute atomic E-state index is 0.169. The fraction of sp³-hybridized carbons (Fsp3) is 1.00. The highest BCUT2D eigenvalue weighted by molar-refractivity contribution is 5.19. The summed E-state index contributed by atoms with van der Waals surface area (Å²) in [6.45, 7) is 10.0. The molecule has 0 aromatic carbocycles. The first-order chi connectivity index (χ1) is 16.0. The van der Waals surface area contributed by atoms with Crippen molar-refractivity contribution >= 4 is 0 Å². The molecular formula is C28H46O6. The van der Waals surface area contributed by atoms with Crippen LogP contribution in [-0.4, -0.2) is 63.8 Å². The van der Waals surface area contributed by atoms with E-state index in [2.05, 4.69) is 27.7 Å². The predicted octanol–water partition coefficient (Wildman–Crippen LogP) is 3.10. The molecule has 4 aliphatic carbocycles. The lowest BCUT2D eigenvalue weighted by molar-refractivity contribution is -0.278. The van der Waals surface area contributed by atoms with E-state index in [1.807, 2.05) is 0 Å². The molecule has 0 aromatic heterocycles. The highest BCUT2D eigenvalue weighted by Gasteiger charge is 2.71. The van der Waals surface area contributed by atoms with Gasteiger partial charge in [-0.3, -0.25) is 0 Å². The summed E-state index contributed by atoms with van der Waals surface area (Å²) >= 11 is 0. The van der Waals surface area contributed by atoms with Crippen LogP contribution in [0.25, 0.3) is 0 Å². The van der Waals surface area contributed by atoms with Gasteiger partial charge in [-0.15, -0.1) is 0 Å². The normalized spacial score (nSPS) is 63.2. The van der Waals surface area contributed by atoms with Gasteiger partial charge in [0.15, 0.2) is 5.79 Å². The Hall–Kier alpha value is -0.240. The maximum absolute atomic E-state index is 11.5. The van der Waals surface area contributed by atoms with Gasteiger partial charge in [-0.25, -0.2) is 0 Å². The van der Waals surface area contributed by atoms with Gasteiger partial charge >= 0.3 is 0 Å². The Morgan fingerprint density at radius 1 is 0.882 bits per heavy atom. The van der Waals surface area contributed by atoms with E-state index in [0.29, 0.717) is 49.0 Å². The van der Waals surface area contributed by atoms with Gasteiger partial charge in [0.25, 0.3) is 0 Å². The number of hydrogen-bond donors (Lipinski definition) is 4. The van der Waals surface area contributed by atoms with Gasteiger partial charge in [-0.05, 0) is 79.4 Å². The third-order valence-electron chi connectivity index (χ3n) is 12.9. The molecule has 2 aliphatic heterocycles. The number of rotatable bonds is 1. The molecular weight excluding hydrogens is 432 g/mol. The van der Waals surface area contributed by atoms with Gasteiger partial charge in [0.05, 0.1) is 31.0 Å². The molecule has 2 heterocycles. The molecule has 0 amide bonds. The van der Waals surface area contributed by atoms with Crippen LogP contribution in [0.5, 0.6) is 0 Å². The fourth-order valence-electron chi connectivity index (χ4n) is 10.7. The van der Waals surface area contributed by atoms with E-state index in [0.717, 1.165) is 38.5 Å². The quantitative estimate of drug-likeness (QED) is 0.462. The van der Waals surface area contributed by atoms with E-state index < -0.39 is 24.1 Å². The van der Waals surface area contributed by atoms with Crippen molar-refractivity contribution in [3.63, 3.8) is 0 Å². The lowest BCUT2D eigenvalue weighted by atomic mass is 9.39. The molecule has 2 saturated heterocycles. The van der Waals surface area contributed by atoms with E-state index in [4.69, 9.17) is 9.47 Å². The van der Waals surface area contributed by atoms with Crippen molar-refractivity contribution in [2.45, 2.75) is 109 Å². The van der Waals surface area contributed by atoms with Crippen LogP contribution in [0.2, 0.25) is 0 Å². The maximum atomic E-state index is 11.5. The van der Waals surface area contributed by atoms with Crippen molar-refractivity contribution < 1.29 is 29.9 Å². The zero-order chi connectivity index (χ0) is 24.3. The Kier molecular flexibility index (Phi) is 5.42. The summed E-state index contributed by atoms with van der Waals surface area (Å²) < 4.78 is 13.2. The summed E-state index contributed by atoms with van der Waals surface area (Å²) in [7, 11) is 0. The van der Waals surface area contributed by atoms with Gasteiger partial charge in [0, 0.05) is 30.3 Å². The van der Waals surface area contributed by atoms with Crippen LogP contribution in [0.3, 0.4) is 0 Å². The lowest BCUT2D eigenvalue weighted by Crippen LogP contribution is -2.65. The molecule has 0 radical (unpaired) electrons. The zero-order valence-corrected chi connectivity index (χ0v) is 21.4. The fourth-order valence-corrected chi connectivity index (χ4v) is 10.7. The van der Waals surface area contributed by atoms with Gasteiger partial charge < -0.3 is 29.9 Å². The highest BCUT2D eigenvalue weighted by Crippen LogP contribution is 2.73. The average Bonchev–Trinajstić information content (AvgIpc) is 3.23. The van der Waals surface area contributed by atoms with Crippen molar-refractivity contribution in [2.75, 3.05) is 13.2 Å². The lowest BCUT2D eigenvalue weighted by Gasteiger charge is -2.67. The van der Waals surface area contributed by atoms with E-state index >= 15 is 0 Å². The van der Waals surface area contributed by atoms with Crippen molar-refractivity contribution in [2.24, 2.45) is 51.8 Å². The number of fused-ring (bicyclic) bond motifs is 7. The molecule has 1 spiro atoms. The summed E-state index contributed by atoms with van der Waals surface area (Å²) in [5.74, 6) is 1.91. The third-order valence-corrected chi connectivity index (χ3v) is 12.9. The average molecular weight is 479 g/mol. The summed E-state index contributed by atoms with van der Waals surface area (Å²) in [5.41, 5.74) is -0.364. The molecule has 6 heteroatoms. The Bertz CT molecular complexity index is 811. The van der Waals surface area contributed by atoms with Crippen molar-refractivity contribution in [1.82, 2.24) is 0 Å². The Morgan fingerprint density at radius 3 is 2.24 bits per heavy atom. The second-order valence-electron chi connectivity index (χ2n) is 14.0. The van der Waals surface area contributed by atoms with Gasteiger partial charge in [-0.1, -0.05) is 27.7 Å². The molecule has 0 aromatic rings. The maximum Gasteiger partial charge on any atom is 0.171 e. The molecule has 0 unspecified atom stereocenters. The summed E-state index contributed by atoms with van der Waals surface area (Å²) in [6.07, 6.45) is 5.31. The van der Waals surface area contributed by atoms with Gasteiger partial charge in [-0.2, -0.15) is 0 Å². The first-order valence-electron chi connectivity index (χ1n) is 14.0. The molecule has 6 fully saturated rings. The molecule has 6 aliphatic rings. The predicted molar refractivity (Wildman–Crippen MR) is 127 cm³/mol. The Labute approximate surface area is 204 Å². The van der Waals surface area contributed by atoms with Gasteiger partial charge in [0.1, 0.15) is 0 Å². The number of aliphatic hydroxyl groups excluding tert-OH is 4. The van der Waals surface area contributed by atoms with Crippen LogP contribution < -0.4 is 0 Å². The SMILES string of the molecule is C[C@H]1[C@@H]2[C@@H](C[C@H]3[C@@H]4C[C@@H](O)[C@@]5(C)C[C@@H](O)[C@H](O)C[C@]5(C)[C@H]4CC[C@]23C)O[C@]12CC[C@@H](CO)CO2. The highest BCUT2D eigenvalue weighted by atomic mass is 16.7. The summed E-state index contributed by atoms with van der Waals surface area (Å²) in [5, 5.41) is 42.2.